The first-order chi connectivity index (χ1) is 12.4. The fourth-order valence-electron chi connectivity index (χ4n) is 2.64. The van der Waals surface area contributed by atoms with Crippen molar-refractivity contribution in [3.63, 3.8) is 0 Å². The quantitative estimate of drug-likeness (QED) is 0.614. The number of benzene rings is 1. The predicted octanol–water partition coefficient (Wildman–Crippen LogP) is 4.70. The van der Waals surface area contributed by atoms with Crippen molar-refractivity contribution in [2.45, 2.75) is 79.6 Å². The number of esters is 2. The summed E-state index contributed by atoms with van der Waals surface area (Å²) in [5.41, 5.74) is 0.579. The molecule has 0 spiro atoms. The van der Waals surface area contributed by atoms with Crippen LogP contribution in [0.25, 0.3) is 0 Å². The molecule has 0 N–H and O–H groups in total. The smallest absolute Gasteiger partial charge is 0.309 e. The van der Waals surface area contributed by atoms with Crippen molar-refractivity contribution in [3.8, 4) is 5.75 Å². The van der Waals surface area contributed by atoms with Gasteiger partial charge in [-0.25, -0.2) is 0 Å². The minimum Gasteiger partial charge on any atom is -0.487 e. The number of aryl methyl sites for hydroxylation is 1. The lowest BCUT2D eigenvalue weighted by Crippen LogP contribution is -2.39. The molecule has 0 aliphatic heterocycles. The van der Waals surface area contributed by atoms with Crippen molar-refractivity contribution in [1.82, 2.24) is 0 Å². The monoisotopic (exact) mass is 378 g/mol. The fourth-order valence-corrected chi connectivity index (χ4v) is 2.64. The van der Waals surface area contributed by atoms with Crippen LogP contribution in [0.3, 0.4) is 0 Å². The third-order valence-corrected chi connectivity index (χ3v) is 4.01. The van der Waals surface area contributed by atoms with Crippen LogP contribution < -0.4 is 4.74 Å². The lowest BCUT2D eigenvalue weighted by molar-refractivity contribution is -0.167. The van der Waals surface area contributed by atoms with E-state index in [2.05, 4.69) is 0 Å². The van der Waals surface area contributed by atoms with E-state index in [1.54, 1.807) is 27.7 Å². The molecule has 1 aromatic carbocycles. The van der Waals surface area contributed by atoms with E-state index in [1.807, 2.05) is 52.0 Å². The van der Waals surface area contributed by atoms with Crippen LogP contribution in [0.4, 0.5) is 0 Å². The molecule has 0 saturated carbocycles. The Morgan fingerprint density at radius 2 is 1.56 bits per heavy atom. The Bertz CT molecular complexity index is 613. The van der Waals surface area contributed by atoms with Gasteiger partial charge in [0.05, 0.1) is 12.3 Å². The summed E-state index contributed by atoms with van der Waals surface area (Å²) in [5, 5.41) is 0. The van der Waals surface area contributed by atoms with Crippen LogP contribution in [0.2, 0.25) is 0 Å². The highest BCUT2D eigenvalue weighted by molar-refractivity contribution is 5.79. The van der Waals surface area contributed by atoms with E-state index in [-0.39, 0.29) is 18.4 Å². The van der Waals surface area contributed by atoms with E-state index in [1.165, 1.54) is 0 Å². The zero-order valence-electron chi connectivity index (χ0n) is 17.9. The molecule has 152 valence electrons. The van der Waals surface area contributed by atoms with Crippen molar-refractivity contribution < 1.29 is 23.8 Å². The minimum atomic E-state index is -0.576. The molecule has 0 aliphatic carbocycles. The molecule has 0 unspecified atom stereocenters. The largest absolute Gasteiger partial charge is 0.487 e. The molecule has 0 fully saturated rings. The highest BCUT2D eigenvalue weighted by Crippen LogP contribution is 2.21. The van der Waals surface area contributed by atoms with Crippen molar-refractivity contribution in [1.29, 1.82) is 0 Å². The highest BCUT2D eigenvalue weighted by atomic mass is 16.6. The van der Waals surface area contributed by atoms with Crippen LogP contribution in [0.5, 0.6) is 5.75 Å². The molecule has 0 aromatic heterocycles. The van der Waals surface area contributed by atoms with Gasteiger partial charge in [-0.15, -0.1) is 0 Å². The molecular formula is C22H34O5. The molecule has 1 aromatic rings. The first-order valence-electron chi connectivity index (χ1n) is 9.54. The highest BCUT2D eigenvalue weighted by Gasteiger charge is 2.30. The molecule has 0 saturated heterocycles. The second kappa shape index (κ2) is 9.77. The average molecular weight is 379 g/mol. The van der Waals surface area contributed by atoms with Gasteiger partial charge >= 0.3 is 11.9 Å². The van der Waals surface area contributed by atoms with Gasteiger partial charge in [0.2, 0.25) is 0 Å². The summed E-state index contributed by atoms with van der Waals surface area (Å²) in [4.78, 5) is 24.4. The molecule has 3 atom stereocenters. The molecule has 0 bridgehead atoms. The van der Waals surface area contributed by atoms with Gasteiger partial charge in [0, 0.05) is 0 Å². The summed E-state index contributed by atoms with van der Waals surface area (Å²) in [6, 6.07) is 7.75. The van der Waals surface area contributed by atoms with E-state index in [9.17, 15) is 9.59 Å². The zero-order chi connectivity index (χ0) is 20.8. The van der Waals surface area contributed by atoms with Crippen molar-refractivity contribution in [2.24, 2.45) is 11.8 Å². The van der Waals surface area contributed by atoms with Crippen LogP contribution in [-0.2, 0) is 19.1 Å². The summed E-state index contributed by atoms with van der Waals surface area (Å²) in [7, 11) is 0. The molecule has 0 amide bonds. The number of carbonyl (C=O) groups is 2. The van der Waals surface area contributed by atoms with E-state index < -0.39 is 29.6 Å². The topological polar surface area (TPSA) is 61.8 Å². The summed E-state index contributed by atoms with van der Waals surface area (Å²) >= 11 is 0. The van der Waals surface area contributed by atoms with Gasteiger partial charge in [-0.1, -0.05) is 38.5 Å². The molecule has 0 radical (unpaired) electrons. The third-order valence-electron chi connectivity index (χ3n) is 4.01. The van der Waals surface area contributed by atoms with Crippen LogP contribution in [-0.4, -0.2) is 29.7 Å². The molecule has 1 rings (SSSR count). The van der Waals surface area contributed by atoms with Gasteiger partial charge in [0.15, 0.2) is 0 Å². The molecule has 5 heteroatoms. The summed E-state index contributed by atoms with van der Waals surface area (Å²) < 4.78 is 16.9. The van der Waals surface area contributed by atoms with E-state index in [0.717, 1.165) is 11.3 Å². The number of hydrogen-bond acceptors (Lipinski definition) is 5. The summed E-state index contributed by atoms with van der Waals surface area (Å²) in [6.07, 6.45) is -0.737. The van der Waals surface area contributed by atoms with Gasteiger partial charge < -0.3 is 14.2 Å². The van der Waals surface area contributed by atoms with Crippen molar-refractivity contribution in [3.05, 3.63) is 29.8 Å². The SMILES string of the molecule is Cc1ccc(O[C@@H](C)[C@@H](OC(=O)[C@H](C)CC(=O)OC(C)(C)C)C(C)C)cc1. The van der Waals surface area contributed by atoms with Crippen LogP contribution >= 0.6 is 0 Å². The zero-order valence-corrected chi connectivity index (χ0v) is 17.9. The first kappa shape index (κ1) is 23.0. The number of carbonyl (C=O) groups excluding carboxylic acids is 2. The molecule has 27 heavy (non-hydrogen) atoms. The van der Waals surface area contributed by atoms with E-state index in [4.69, 9.17) is 14.2 Å². The van der Waals surface area contributed by atoms with Gasteiger partial charge in [0.1, 0.15) is 23.6 Å². The molecule has 5 nitrogen and oxygen atoms in total. The lowest BCUT2D eigenvalue weighted by Gasteiger charge is -2.29. The first-order valence-corrected chi connectivity index (χ1v) is 9.54. The third kappa shape index (κ3) is 8.46. The van der Waals surface area contributed by atoms with Gasteiger partial charge in [0.25, 0.3) is 0 Å². The van der Waals surface area contributed by atoms with Gasteiger partial charge in [-0.2, -0.15) is 0 Å². The molecule has 0 aliphatic rings. The second-order valence-electron chi connectivity index (χ2n) is 8.47. The fraction of sp³-hybridized carbons (Fsp3) is 0.636. The van der Waals surface area contributed by atoms with E-state index >= 15 is 0 Å². The number of rotatable bonds is 8. The minimum absolute atomic E-state index is 0.00583. The maximum atomic E-state index is 12.5. The Balaban J connectivity index is 2.67. The molecular weight excluding hydrogens is 344 g/mol. The van der Waals surface area contributed by atoms with Crippen molar-refractivity contribution in [2.75, 3.05) is 0 Å². The average Bonchev–Trinajstić information content (AvgIpc) is 2.52. The van der Waals surface area contributed by atoms with Crippen LogP contribution in [0.15, 0.2) is 24.3 Å². The maximum absolute atomic E-state index is 12.5. The van der Waals surface area contributed by atoms with Gasteiger partial charge in [-0.05, 0) is 52.7 Å². The normalized spacial score (nSPS) is 15.0. The Morgan fingerprint density at radius 1 is 1.00 bits per heavy atom. The Hall–Kier alpha value is -2.04. The van der Waals surface area contributed by atoms with Crippen molar-refractivity contribution >= 4 is 11.9 Å². The molecule has 0 heterocycles. The lowest BCUT2D eigenvalue weighted by atomic mass is 10.0. The Morgan fingerprint density at radius 3 is 2.04 bits per heavy atom. The van der Waals surface area contributed by atoms with E-state index in [0.29, 0.717) is 0 Å². The van der Waals surface area contributed by atoms with Gasteiger partial charge in [-0.3, -0.25) is 9.59 Å². The second-order valence-corrected chi connectivity index (χ2v) is 8.47. The Kier molecular flexibility index (Phi) is 8.32. The predicted molar refractivity (Wildman–Crippen MR) is 106 cm³/mol. The standard InChI is InChI=1S/C22H34O5/c1-14(2)20(17(5)25-18-11-9-15(3)10-12-18)26-21(24)16(4)13-19(23)27-22(6,7)8/h9-12,14,16-17,20H,13H2,1-8H3/t16-,17+,20+/m1/s1. The Labute approximate surface area is 163 Å². The summed E-state index contributed by atoms with van der Waals surface area (Å²) in [5.74, 6) is -0.594. The number of hydrogen-bond donors (Lipinski definition) is 0. The number of ether oxygens (including phenoxy) is 3. The summed E-state index contributed by atoms with van der Waals surface area (Å²) in [6.45, 7) is 14.9. The van der Waals surface area contributed by atoms with Crippen LogP contribution in [0.1, 0.15) is 60.5 Å². The maximum Gasteiger partial charge on any atom is 0.309 e. The van der Waals surface area contributed by atoms with Crippen LogP contribution in [0, 0.1) is 18.8 Å².